The number of hydrogen-bond acceptors (Lipinski definition) is 7. The Morgan fingerprint density at radius 2 is 2.38 bits per heavy atom. The summed E-state index contributed by atoms with van der Waals surface area (Å²) in [5.74, 6) is 1.59. The van der Waals surface area contributed by atoms with E-state index < -0.39 is 0 Å². The molecule has 3 heterocycles. The summed E-state index contributed by atoms with van der Waals surface area (Å²) in [4.78, 5) is 3.48. The third-order valence-electron chi connectivity index (χ3n) is 3.42. The third-order valence-corrected chi connectivity index (χ3v) is 5.22. The monoisotopic (exact) mass is 325 g/mol. The fraction of sp³-hybridized carbons (Fsp3) is 0.571. The maximum absolute atomic E-state index is 5.73. The van der Waals surface area contributed by atoms with Gasteiger partial charge in [0.15, 0.2) is 0 Å². The minimum absolute atomic E-state index is 0.334. The van der Waals surface area contributed by atoms with Crippen LogP contribution in [0, 0.1) is 6.92 Å². The first-order valence-corrected chi connectivity index (χ1v) is 8.93. The van der Waals surface area contributed by atoms with Crippen molar-refractivity contribution in [1.82, 2.24) is 15.1 Å². The van der Waals surface area contributed by atoms with E-state index in [9.17, 15) is 0 Å². The zero-order valence-corrected chi connectivity index (χ0v) is 13.9. The van der Waals surface area contributed by atoms with E-state index in [-0.39, 0.29) is 0 Å². The minimum atomic E-state index is 0.334. The lowest BCUT2D eigenvalue weighted by molar-refractivity contribution is -0.0158. The van der Waals surface area contributed by atoms with E-state index in [1.165, 1.54) is 5.56 Å². The highest BCUT2D eigenvalue weighted by molar-refractivity contribution is 7.99. The van der Waals surface area contributed by atoms with E-state index in [0.717, 1.165) is 36.9 Å². The van der Waals surface area contributed by atoms with Crippen LogP contribution >= 0.6 is 23.1 Å². The van der Waals surface area contributed by atoms with Gasteiger partial charge in [0.05, 0.1) is 17.6 Å². The molecule has 1 atom stereocenters. The molecule has 2 aromatic heterocycles. The van der Waals surface area contributed by atoms with Crippen LogP contribution in [0.5, 0.6) is 0 Å². The predicted molar refractivity (Wildman–Crippen MR) is 84.9 cm³/mol. The fourth-order valence-electron chi connectivity index (χ4n) is 2.31. The molecule has 2 aromatic rings. The summed E-state index contributed by atoms with van der Waals surface area (Å²) in [6.07, 6.45) is 0.334. The standard InChI is InChI=1S/C14H19N3O2S2/c1-10-3-7-20-12(10)13-15-16-14(19-13)21-8-5-17-4-6-18-11(2)9-17/h3,7,11H,4-6,8-9H2,1-2H3/t11-/m1/s1. The van der Waals surface area contributed by atoms with Gasteiger partial charge in [-0.25, -0.2) is 0 Å². The maximum Gasteiger partial charge on any atom is 0.276 e. The summed E-state index contributed by atoms with van der Waals surface area (Å²) in [6, 6.07) is 2.07. The van der Waals surface area contributed by atoms with Crippen LogP contribution in [-0.4, -0.2) is 53.2 Å². The molecule has 0 radical (unpaired) electrons. The van der Waals surface area contributed by atoms with E-state index in [4.69, 9.17) is 9.15 Å². The Kier molecular flexibility index (Phi) is 4.95. The topological polar surface area (TPSA) is 51.4 Å². The molecular weight excluding hydrogens is 306 g/mol. The van der Waals surface area contributed by atoms with Gasteiger partial charge in [0.2, 0.25) is 0 Å². The van der Waals surface area contributed by atoms with Crippen LogP contribution in [0.2, 0.25) is 0 Å². The first kappa shape index (κ1) is 15.0. The number of thiophene rings is 1. The molecule has 0 bridgehead atoms. The molecule has 0 saturated carbocycles. The van der Waals surface area contributed by atoms with Crippen LogP contribution in [0.3, 0.4) is 0 Å². The molecule has 21 heavy (non-hydrogen) atoms. The van der Waals surface area contributed by atoms with Crippen LogP contribution in [0.4, 0.5) is 0 Å². The normalized spacial score (nSPS) is 20.0. The molecule has 0 amide bonds. The molecule has 0 N–H and O–H groups in total. The largest absolute Gasteiger partial charge is 0.410 e. The highest BCUT2D eigenvalue weighted by Crippen LogP contribution is 2.29. The van der Waals surface area contributed by atoms with Gasteiger partial charge < -0.3 is 9.15 Å². The van der Waals surface area contributed by atoms with Gasteiger partial charge in [0.25, 0.3) is 11.1 Å². The van der Waals surface area contributed by atoms with Crippen molar-refractivity contribution in [3.05, 3.63) is 17.0 Å². The van der Waals surface area contributed by atoms with E-state index in [2.05, 4.69) is 35.0 Å². The molecule has 0 aromatic carbocycles. The van der Waals surface area contributed by atoms with E-state index in [0.29, 0.717) is 17.2 Å². The third kappa shape index (κ3) is 3.85. The predicted octanol–water partition coefficient (Wildman–Crippen LogP) is 2.92. The van der Waals surface area contributed by atoms with Crippen molar-refractivity contribution < 1.29 is 9.15 Å². The second-order valence-corrected chi connectivity index (χ2v) is 7.10. The number of morpholine rings is 1. The molecule has 1 aliphatic heterocycles. The molecule has 1 fully saturated rings. The fourth-order valence-corrected chi connectivity index (χ4v) is 3.91. The highest BCUT2D eigenvalue weighted by Gasteiger charge is 2.17. The van der Waals surface area contributed by atoms with E-state index in [1.807, 2.05) is 5.38 Å². The molecule has 0 unspecified atom stereocenters. The van der Waals surface area contributed by atoms with Crippen LogP contribution < -0.4 is 0 Å². The summed E-state index contributed by atoms with van der Waals surface area (Å²) < 4.78 is 11.3. The molecule has 0 aliphatic carbocycles. The van der Waals surface area contributed by atoms with Crippen LogP contribution in [0.25, 0.3) is 10.8 Å². The van der Waals surface area contributed by atoms with Crippen LogP contribution in [0.1, 0.15) is 12.5 Å². The lowest BCUT2D eigenvalue weighted by atomic mass is 10.3. The van der Waals surface area contributed by atoms with E-state index >= 15 is 0 Å². The number of aromatic nitrogens is 2. The lowest BCUT2D eigenvalue weighted by Crippen LogP contribution is -2.42. The van der Waals surface area contributed by atoms with Gasteiger partial charge in [-0.2, -0.15) is 0 Å². The smallest absolute Gasteiger partial charge is 0.276 e. The van der Waals surface area contributed by atoms with Crippen molar-refractivity contribution >= 4 is 23.1 Å². The molecule has 1 aliphatic rings. The summed E-state index contributed by atoms with van der Waals surface area (Å²) in [6.45, 7) is 8.04. The molecular formula is C14H19N3O2S2. The van der Waals surface area contributed by atoms with Gasteiger partial charge in [-0.05, 0) is 30.9 Å². The Labute approximate surface area is 132 Å². The summed E-state index contributed by atoms with van der Waals surface area (Å²) in [5, 5.41) is 11.0. The van der Waals surface area contributed by atoms with Crippen molar-refractivity contribution in [3.8, 4) is 10.8 Å². The Balaban J connectivity index is 1.50. The number of thioether (sulfide) groups is 1. The number of nitrogens with zero attached hydrogens (tertiary/aromatic N) is 3. The second-order valence-electron chi connectivity index (χ2n) is 5.14. The average molecular weight is 325 g/mol. The number of aryl methyl sites for hydroxylation is 1. The van der Waals surface area contributed by atoms with Crippen LogP contribution in [0.15, 0.2) is 21.1 Å². The number of hydrogen-bond donors (Lipinski definition) is 0. The molecule has 3 rings (SSSR count). The molecule has 0 spiro atoms. The Hall–Kier alpha value is -0.890. The molecule has 5 nitrogen and oxygen atoms in total. The first-order valence-electron chi connectivity index (χ1n) is 7.07. The van der Waals surface area contributed by atoms with Crippen molar-refractivity contribution in [2.24, 2.45) is 0 Å². The quantitative estimate of drug-likeness (QED) is 0.788. The minimum Gasteiger partial charge on any atom is -0.410 e. The zero-order valence-electron chi connectivity index (χ0n) is 12.2. The van der Waals surface area contributed by atoms with Crippen molar-refractivity contribution in [2.75, 3.05) is 32.0 Å². The molecule has 114 valence electrons. The highest BCUT2D eigenvalue weighted by atomic mass is 32.2. The molecule has 7 heteroatoms. The number of ether oxygens (including phenoxy) is 1. The van der Waals surface area contributed by atoms with Gasteiger partial charge in [0, 0.05) is 25.4 Å². The van der Waals surface area contributed by atoms with Gasteiger partial charge in [-0.1, -0.05) is 11.8 Å². The van der Waals surface area contributed by atoms with Crippen molar-refractivity contribution in [2.45, 2.75) is 25.2 Å². The summed E-state index contributed by atoms with van der Waals surface area (Å²) >= 11 is 3.26. The SMILES string of the molecule is Cc1ccsc1-c1nnc(SCCN2CCO[C@H](C)C2)o1. The number of rotatable bonds is 5. The zero-order chi connectivity index (χ0) is 14.7. The maximum atomic E-state index is 5.73. The van der Waals surface area contributed by atoms with Gasteiger partial charge in [0.1, 0.15) is 0 Å². The van der Waals surface area contributed by atoms with Gasteiger partial charge >= 0.3 is 0 Å². The van der Waals surface area contributed by atoms with E-state index in [1.54, 1.807) is 23.1 Å². The van der Waals surface area contributed by atoms with Gasteiger partial charge in [-0.15, -0.1) is 21.5 Å². The Morgan fingerprint density at radius 1 is 1.48 bits per heavy atom. The summed E-state index contributed by atoms with van der Waals surface area (Å²) in [5.41, 5.74) is 1.18. The lowest BCUT2D eigenvalue weighted by Gasteiger charge is -2.30. The Bertz CT molecular complexity index is 584. The summed E-state index contributed by atoms with van der Waals surface area (Å²) in [7, 11) is 0. The van der Waals surface area contributed by atoms with Gasteiger partial charge in [-0.3, -0.25) is 4.90 Å². The first-order chi connectivity index (χ1) is 10.2. The average Bonchev–Trinajstić information content (AvgIpc) is 3.07. The van der Waals surface area contributed by atoms with Crippen LogP contribution in [-0.2, 0) is 4.74 Å². The van der Waals surface area contributed by atoms with Crippen molar-refractivity contribution in [1.29, 1.82) is 0 Å². The van der Waals surface area contributed by atoms with Crippen molar-refractivity contribution in [3.63, 3.8) is 0 Å². The second kappa shape index (κ2) is 6.91. The molecule has 1 saturated heterocycles. The Morgan fingerprint density at radius 3 is 3.14 bits per heavy atom.